The van der Waals surface area contributed by atoms with Gasteiger partial charge >= 0.3 is 0 Å². The van der Waals surface area contributed by atoms with Crippen molar-refractivity contribution in [2.24, 2.45) is 5.41 Å². The van der Waals surface area contributed by atoms with Crippen LogP contribution in [0.15, 0.2) is 35.5 Å². The van der Waals surface area contributed by atoms with Crippen LogP contribution in [-0.2, 0) is 0 Å². The molecule has 1 aliphatic rings. The van der Waals surface area contributed by atoms with E-state index in [1.807, 2.05) is 6.08 Å². The van der Waals surface area contributed by atoms with Crippen molar-refractivity contribution in [3.05, 3.63) is 35.5 Å². The Morgan fingerprint density at radius 2 is 1.94 bits per heavy atom. The van der Waals surface area contributed by atoms with Gasteiger partial charge in [-0.3, -0.25) is 0 Å². The molecule has 1 nitrogen and oxygen atoms in total. The zero-order valence-electron chi connectivity index (χ0n) is 11.0. The van der Waals surface area contributed by atoms with Crippen LogP contribution < -0.4 is 0 Å². The molecule has 0 heterocycles. The standard InChI is InChI=1S/C15H24O/c1-12-7-5-8-13(2)11-14(16)15(3,4)10-6-9-12/h6-7,10-11,14,16H,5,8-9H2,1-4H3. The molecule has 0 bridgehead atoms. The molecule has 0 saturated carbocycles. The van der Waals surface area contributed by atoms with E-state index in [-0.39, 0.29) is 11.5 Å². The number of hydrogen-bond acceptors (Lipinski definition) is 1. The molecule has 0 saturated heterocycles. The lowest BCUT2D eigenvalue weighted by Gasteiger charge is -2.25. The van der Waals surface area contributed by atoms with Gasteiger partial charge in [-0.05, 0) is 33.1 Å². The molecule has 0 radical (unpaired) electrons. The molecule has 1 aliphatic carbocycles. The van der Waals surface area contributed by atoms with Crippen molar-refractivity contribution in [1.82, 2.24) is 0 Å². The van der Waals surface area contributed by atoms with Gasteiger partial charge in [0.25, 0.3) is 0 Å². The van der Waals surface area contributed by atoms with Crippen LogP contribution in [0, 0.1) is 5.41 Å². The van der Waals surface area contributed by atoms with Gasteiger partial charge in [-0.15, -0.1) is 0 Å². The van der Waals surface area contributed by atoms with Crippen molar-refractivity contribution in [3.63, 3.8) is 0 Å². The number of rotatable bonds is 0. The lowest BCUT2D eigenvalue weighted by atomic mass is 9.84. The van der Waals surface area contributed by atoms with Gasteiger partial charge in [0, 0.05) is 5.41 Å². The van der Waals surface area contributed by atoms with Gasteiger partial charge < -0.3 is 5.11 Å². The molecule has 0 spiro atoms. The minimum absolute atomic E-state index is 0.175. The maximum atomic E-state index is 10.1. The summed E-state index contributed by atoms with van der Waals surface area (Å²) in [5.74, 6) is 0. The van der Waals surface area contributed by atoms with E-state index in [4.69, 9.17) is 0 Å². The number of aliphatic hydroxyl groups excluding tert-OH is 1. The maximum absolute atomic E-state index is 10.1. The second-order valence-corrected chi connectivity index (χ2v) is 5.47. The summed E-state index contributed by atoms with van der Waals surface area (Å²) in [6.07, 6.45) is 11.3. The number of allylic oxidation sites excluding steroid dienone is 4. The molecule has 0 aromatic heterocycles. The molecule has 1 rings (SSSR count). The number of hydrogen-bond donors (Lipinski definition) is 1. The van der Waals surface area contributed by atoms with Crippen LogP contribution in [0.2, 0.25) is 0 Å². The molecule has 1 heteroatoms. The first kappa shape index (κ1) is 13.2. The van der Waals surface area contributed by atoms with E-state index >= 15 is 0 Å². The molecular formula is C15H24O. The molecule has 1 N–H and O–H groups in total. The highest BCUT2D eigenvalue weighted by Gasteiger charge is 2.22. The van der Waals surface area contributed by atoms with Crippen LogP contribution >= 0.6 is 0 Å². The Kier molecular flexibility index (Phi) is 4.55. The van der Waals surface area contributed by atoms with Gasteiger partial charge in [0.15, 0.2) is 0 Å². The Balaban J connectivity index is 2.92. The van der Waals surface area contributed by atoms with Crippen molar-refractivity contribution in [2.75, 3.05) is 0 Å². The first-order chi connectivity index (χ1) is 7.42. The second kappa shape index (κ2) is 5.49. The van der Waals surface area contributed by atoms with Crippen molar-refractivity contribution in [2.45, 2.75) is 53.1 Å². The predicted octanol–water partition coefficient (Wildman–Crippen LogP) is 4.01. The van der Waals surface area contributed by atoms with Crippen molar-refractivity contribution in [3.8, 4) is 0 Å². The van der Waals surface area contributed by atoms with Crippen LogP contribution in [-0.4, -0.2) is 11.2 Å². The molecule has 0 aromatic carbocycles. The summed E-state index contributed by atoms with van der Waals surface area (Å²) in [5.41, 5.74) is 2.52. The average molecular weight is 220 g/mol. The Morgan fingerprint density at radius 1 is 1.25 bits per heavy atom. The fourth-order valence-electron chi connectivity index (χ4n) is 1.84. The molecular weight excluding hydrogens is 196 g/mol. The molecule has 90 valence electrons. The Hall–Kier alpha value is -0.820. The third-order valence-corrected chi connectivity index (χ3v) is 3.22. The van der Waals surface area contributed by atoms with Gasteiger partial charge in [-0.2, -0.15) is 0 Å². The molecule has 1 atom stereocenters. The number of aliphatic hydroxyl groups is 1. The summed E-state index contributed by atoms with van der Waals surface area (Å²) in [4.78, 5) is 0. The highest BCUT2D eigenvalue weighted by molar-refractivity contribution is 5.15. The Morgan fingerprint density at radius 3 is 2.62 bits per heavy atom. The van der Waals surface area contributed by atoms with Crippen LogP contribution in [0.4, 0.5) is 0 Å². The predicted molar refractivity (Wildman–Crippen MR) is 70.3 cm³/mol. The fourth-order valence-corrected chi connectivity index (χ4v) is 1.84. The van der Waals surface area contributed by atoms with E-state index in [1.165, 1.54) is 11.1 Å². The highest BCUT2D eigenvalue weighted by Crippen LogP contribution is 2.26. The SMILES string of the molecule is CC1=CCCC(C)=CC(O)C(C)(C)C=CC1. The molecule has 1 unspecified atom stereocenters. The van der Waals surface area contributed by atoms with Crippen LogP contribution in [0.3, 0.4) is 0 Å². The Bertz CT molecular complexity index is 318. The Labute approximate surface area is 99.6 Å². The second-order valence-electron chi connectivity index (χ2n) is 5.47. The summed E-state index contributed by atoms with van der Waals surface area (Å²) < 4.78 is 0. The van der Waals surface area contributed by atoms with E-state index in [0.29, 0.717) is 0 Å². The lowest BCUT2D eigenvalue weighted by molar-refractivity contribution is 0.125. The minimum atomic E-state index is -0.387. The summed E-state index contributed by atoms with van der Waals surface area (Å²) >= 11 is 0. The van der Waals surface area contributed by atoms with Crippen LogP contribution in [0.1, 0.15) is 47.0 Å². The molecule has 0 amide bonds. The zero-order valence-corrected chi connectivity index (χ0v) is 11.0. The van der Waals surface area contributed by atoms with Crippen LogP contribution in [0.25, 0.3) is 0 Å². The van der Waals surface area contributed by atoms with Crippen molar-refractivity contribution < 1.29 is 5.11 Å². The smallest absolute Gasteiger partial charge is 0.0808 e. The molecule has 0 fully saturated rings. The topological polar surface area (TPSA) is 20.2 Å². The van der Waals surface area contributed by atoms with E-state index in [0.717, 1.165) is 19.3 Å². The van der Waals surface area contributed by atoms with Gasteiger partial charge in [0.05, 0.1) is 6.10 Å². The third kappa shape index (κ3) is 3.97. The highest BCUT2D eigenvalue weighted by atomic mass is 16.3. The maximum Gasteiger partial charge on any atom is 0.0808 e. The van der Waals surface area contributed by atoms with Gasteiger partial charge in [0.1, 0.15) is 0 Å². The van der Waals surface area contributed by atoms with E-state index < -0.39 is 0 Å². The van der Waals surface area contributed by atoms with E-state index in [1.54, 1.807) is 0 Å². The lowest BCUT2D eigenvalue weighted by Crippen LogP contribution is -2.25. The van der Waals surface area contributed by atoms with E-state index in [2.05, 4.69) is 45.9 Å². The minimum Gasteiger partial charge on any atom is -0.388 e. The van der Waals surface area contributed by atoms with Gasteiger partial charge in [0.2, 0.25) is 0 Å². The van der Waals surface area contributed by atoms with E-state index in [9.17, 15) is 5.11 Å². The summed E-state index contributed by atoms with van der Waals surface area (Å²) in [5, 5.41) is 10.1. The fraction of sp³-hybridized carbons (Fsp3) is 0.600. The summed E-state index contributed by atoms with van der Waals surface area (Å²) in [6, 6.07) is 0. The largest absolute Gasteiger partial charge is 0.388 e. The third-order valence-electron chi connectivity index (χ3n) is 3.22. The quantitative estimate of drug-likeness (QED) is 0.612. The first-order valence-corrected chi connectivity index (χ1v) is 6.10. The van der Waals surface area contributed by atoms with Crippen molar-refractivity contribution in [1.29, 1.82) is 0 Å². The normalized spacial score (nSPS) is 26.7. The van der Waals surface area contributed by atoms with Crippen LogP contribution in [0.5, 0.6) is 0 Å². The van der Waals surface area contributed by atoms with Gasteiger partial charge in [-0.1, -0.05) is 49.3 Å². The first-order valence-electron chi connectivity index (χ1n) is 6.10. The molecule has 16 heavy (non-hydrogen) atoms. The summed E-state index contributed by atoms with van der Waals surface area (Å²) in [7, 11) is 0. The molecule has 0 aliphatic heterocycles. The van der Waals surface area contributed by atoms with Crippen molar-refractivity contribution >= 4 is 0 Å². The zero-order chi connectivity index (χ0) is 12.2. The van der Waals surface area contributed by atoms with Gasteiger partial charge in [-0.25, -0.2) is 0 Å². The average Bonchev–Trinajstić information content (AvgIpc) is 2.17. The molecule has 0 aromatic rings. The summed E-state index contributed by atoms with van der Waals surface area (Å²) in [6.45, 7) is 8.43. The monoisotopic (exact) mass is 220 g/mol.